The highest BCUT2D eigenvalue weighted by Gasteiger charge is 2.33. The smallest absolute Gasteiger partial charge is 0.230 e. The number of fused-ring (bicyclic) bond motifs is 1. The summed E-state index contributed by atoms with van der Waals surface area (Å²) in [6, 6.07) is 5.61. The molecule has 1 N–H and O–H groups in total. The average molecular weight is 404 g/mol. The summed E-state index contributed by atoms with van der Waals surface area (Å²) in [5.41, 5.74) is 0.961. The number of methoxy groups -OCH3 is 2. The average Bonchev–Trinajstić information content (AvgIpc) is 3.21. The number of hydrogen-bond acceptors (Lipinski definition) is 8. The SMILES string of the molecule is COc1ccc(OC)c([C@H](c2sc3nc(C)nn3c2O)N2CCN(C)CC2)c1. The molecule has 0 spiro atoms. The van der Waals surface area contributed by atoms with Gasteiger partial charge >= 0.3 is 0 Å². The summed E-state index contributed by atoms with van der Waals surface area (Å²) in [6.45, 7) is 5.51. The summed E-state index contributed by atoms with van der Waals surface area (Å²) in [7, 11) is 5.44. The molecule has 150 valence electrons. The molecule has 0 saturated carbocycles. The van der Waals surface area contributed by atoms with Crippen molar-refractivity contribution in [3.05, 3.63) is 34.5 Å². The van der Waals surface area contributed by atoms with E-state index < -0.39 is 0 Å². The highest BCUT2D eigenvalue weighted by Crippen LogP contribution is 2.44. The van der Waals surface area contributed by atoms with Gasteiger partial charge in [-0.05, 0) is 32.2 Å². The van der Waals surface area contributed by atoms with Crippen molar-refractivity contribution < 1.29 is 14.6 Å². The Morgan fingerprint density at radius 3 is 2.54 bits per heavy atom. The van der Waals surface area contributed by atoms with E-state index in [0.717, 1.165) is 48.1 Å². The minimum absolute atomic E-state index is 0.134. The fourth-order valence-corrected chi connectivity index (χ4v) is 4.82. The normalized spacial score (nSPS) is 17.1. The first kappa shape index (κ1) is 19.0. The van der Waals surface area contributed by atoms with Crippen molar-refractivity contribution in [1.29, 1.82) is 0 Å². The number of rotatable bonds is 5. The van der Waals surface area contributed by atoms with E-state index in [4.69, 9.17) is 9.47 Å². The number of benzene rings is 1. The number of ether oxygens (including phenoxy) is 2. The van der Waals surface area contributed by atoms with Gasteiger partial charge in [-0.2, -0.15) is 4.52 Å². The minimum Gasteiger partial charge on any atom is -0.497 e. The van der Waals surface area contributed by atoms with Crippen LogP contribution >= 0.6 is 11.3 Å². The summed E-state index contributed by atoms with van der Waals surface area (Å²) < 4.78 is 12.6. The lowest BCUT2D eigenvalue weighted by Crippen LogP contribution is -2.46. The third-order valence-corrected chi connectivity index (χ3v) is 6.26. The van der Waals surface area contributed by atoms with Crippen molar-refractivity contribution >= 4 is 16.3 Å². The maximum atomic E-state index is 11.0. The van der Waals surface area contributed by atoms with Crippen LogP contribution < -0.4 is 9.47 Å². The lowest BCUT2D eigenvalue weighted by atomic mass is 10.0. The molecule has 1 aliphatic heterocycles. The number of likely N-dealkylation sites (N-methyl/N-ethyl adjacent to an activating group) is 1. The van der Waals surface area contributed by atoms with Crippen LogP contribution in [-0.4, -0.2) is 77.0 Å². The van der Waals surface area contributed by atoms with Crippen molar-refractivity contribution in [3.63, 3.8) is 0 Å². The van der Waals surface area contributed by atoms with Crippen molar-refractivity contribution in [3.8, 4) is 17.4 Å². The minimum atomic E-state index is -0.174. The Morgan fingerprint density at radius 1 is 1.14 bits per heavy atom. The van der Waals surface area contributed by atoms with Gasteiger partial charge in [0.1, 0.15) is 17.3 Å². The van der Waals surface area contributed by atoms with Crippen LogP contribution in [0.3, 0.4) is 0 Å². The van der Waals surface area contributed by atoms with E-state index in [0.29, 0.717) is 10.8 Å². The zero-order valence-corrected chi connectivity index (χ0v) is 17.4. The third kappa shape index (κ3) is 3.30. The largest absolute Gasteiger partial charge is 0.497 e. The van der Waals surface area contributed by atoms with Crippen LogP contribution in [0.1, 0.15) is 22.3 Å². The summed E-state index contributed by atoms with van der Waals surface area (Å²) in [5, 5.41) is 15.3. The van der Waals surface area contributed by atoms with Gasteiger partial charge in [-0.3, -0.25) is 4.90 Å². The first-order valence-electron chi connectivity index (χ1n) is 9.21. The first-order valence-corrected chi connectivity index (χ1v) is 10.0. The summed E-state index contributed by atoms with van der Waals surface area (Å²) >= 11 is 1.46. The molecule has 1 atom stereocenters. The van der Waals surface area contributed by atoms with Gasteiger partial charge in [0.15, 0.2) is 0 Å². The Balaban J connectivity index is 1.87. The highest BCUT2D eigenvalue weighted by atomic mass is 32.1. The Morgan fingerprint density at radius 2 is 1.89 bits per heavy atom. The third-order valence-electron chi connectivity index (χ3n) is 5.19. The van der Waals surface area contributed by atoms with Gasteiger partial charge in [0.25, 0.3) is 0 Å². The molecule has 8 nitrogen and oxygen atoms in total. The van der Waals surface area contributed by atoms with E-state index in [1.54, 1.807) is 14.2 Å². The zero-order chi connectivity index (χ0) is 19.8. The second-order valence-corrected chi connectivity index (χ2v) is 8.00. The van der Waals surface area contributed by atoms with Crippen molar-refractivity contribution in [2.75, 3.05) is 47.4 Å². The van der Waals surface area contributed by atoms with Gasteiger partial charge < -0.3 is 19.5 Å². The topological polar surface area (TPSA) is 75.4 Å². The molecule has 2 aromatic heterocycles. The molecule has 9 heteroatoms. The van der Waals surface area contributed by atoms with Gasteiger partial charge in [-0.1, -0.05) is 11.3 Å². The molecular formula is C19H25N5O3S. The molecule has 0 radical (unpaired) electrons. The number of aryl methyl sites for hydroxylation is 1. The lowest BCUT2D eigenvalue weighted by molar-refractivity contribution is 0.126. The van der Waals surface area contributed by atoms with E-state index in [-0.39, 0.29) is 11.9 Å². The monoisotopic (exact) mass is 403 g/mol. The first-order chi connectivity index (χ1) is 13.5. The van der Waals surface area contributed by atoms with E-state index in [1.165, 1.54) is 15.9 Å². The predicted octanol–water partition coefficient (Wildman–Crippen LogP) is 2.16. The van der Waals surface area contributed by atoms with Gasteiger partial charge in [-0.15, -0.1) is 5.10 Å². The lowest BCUT2D eigenvalue weighted by Gasteiger charge is -2.38. The summed E-state index contributed by atoms with van der Waals surface area (Å²) in [6.07, 6.45) is 0. The molecular weight excluding hydrogens is 378 g/mol. The number of piperazine rings is 1. The Hall–Kier alpha value is -2.36. The van der Waals surface area contributed by atoms with Gasteiger partial charge in [0, 0.05) is 31.7 Å². The van der Waals surface area contributed by atoms with Crippen LogP contribution in [0.5, 0.6) is 17.4 Å². The Bertz CT molecular complexity index is 978. The van der Waals surface area contributed by atoms with Crippen LogP contribution in [0, 0.1) is 6.92 Å². The van der Waals surface area contributed by atoms with Gasteiger partial charge in [-0.25, -0.2) is 4.98 Å². The molecule has 0 bridgehead atoms. The van der Waals surface area contributed by atoms with Crippen LogP contribution in [0.4, 0.5) is 0 Å². The fraction of sp³-hybridized carbons (Fsp3) is 0.474. The molecule has 1 saturated heterocycles. The summed E-state index contributed by atoms with van der Waals surface area (Å²) in [5.74, 6) is 2.29. The van der Waals surface area contributed by atoms with E-state index in [2.05, 4.69) is 26.9 Å². The fourth-order valence-electron chi connectivity index (χ4n) is 3.66. The molecule has 3 heterocycles. The highest BCUT2D eigenvalue weighted by molar-refractivity contribution is 7.17. The van der Waals surface area contributed by atoms with Crippen molar-refractivity contribution in [1.82, 2.24) is 24.4 Å². The maximum absolute atomic E-state index is 11.0. The number of nitrogens with zero attached hydrogens (tertiary/aromatic N) is 5. The number of hydrogen-bond donors (Lipinski definition) is 1. The van der Waals surface area contributed by atoms with Gasteiger partial charge in [0.2, 0.25) is 10.8 Å². The summed E-state index contributed by atoms with van der Waals surface area (Å²) in [4.78, 5) is 10.6. The second-order valence-electron chi connectivity index (χ2n) is 6.99. The Kier molecular flexibility index (Phi) is 5.13. The standard InChI is InChI=1S/C19H25N5O3S/c1-12-20-19-24(21-12)18(25)17(28-19)16(23-9-7-22(2)8-10-23)14-11-13(26-3)5-6-15(14)27-4/h5-6,11,16,25H,7-10H2,1-4H3/t16-/m1/s1. The molecule has 4 rings (SSSR count). The molecule has 3 aromatic rings. The molecule has 28 heavy (non-hydrogen) atoms. The molecule has 0 unspecified atom stereocenters. The Labute approximate surface area is 167 Å². The molecule has 1 aromatic carbocycles. The van der Waals surface area contributed by atoms with Gasteiger partial charge in [0.05, 0.1) is 25.1 Å². The molecule has 0 amide bonds. The quantitative estimate of drug-likeness (QED) is 0.700. The van der Waals surface area contributed by atoms with Crippen LogP contribution in [0.2, 0.25) is 0 Å². The molecule has 0 aliphatic carbocycles. The molecule has 1 aliphatic rings. The number of aromatic nitrogens is 3. The number of thiazole rings is 1. The van der Waals surface area contributed by atoms with Crippen LogP contribution in [-0.2, 0) is 0 Å². The predicted molar refractivity (Wildman–Crippen MR) is 108 cm³/mol. The zero-order valence-electron chi connectivity index (χ0n) is 16.5. The molecule has 1 fully saturated rings. The van der Waals surface area contributed by atoms with Crippen molar-refractivity contribution in [2.45, 2.75) is 13.0 Å². The van der Waals surface area contributed by atoms with E-state index in [1.807, 2.05) is 25.1 Å². The number of aromatic hydroxyl groups is 1. The van der Waals surface area contributed by atoms with E-state index in [9.17, 15) is 5.11 Å². The van der Waals surface area contributed by atoms with E-state index >= 15 is 0 Å². The van der Waals surface area contributed by atoms with Crippen LogP contribution in [0.15, 0.2) is 18.2 Å². The maximum Gasteiger partial charge on any atom is 0.230 e. The van der Waals surface area contributed by atoms with Crippen LogP contribution in [0.25, 0.3) is 4.96 Å². The second kappa shape index (κ2) is 7.57. The van der Waals surface area contributed by atoms with Crippen molar-refractivity contribution in [2.24, 2.45) is 0 Å².